The highest BCUT2D eigenvalue weighted by molar-refractivity contribution is 4.77. The zero-order chi connectivity index (χ0) is 12.1. The van der Waals surface area contributed by atoms with Crippen LogP contribution in [-0.2, 0) is 0 Å². The molecule has 96 valence electrons. The highest BCUT2D eigenvalue weighted by Crippen LogP contribution is 2.10. The number of likely N-dealkylation sites (tertiary alicyclic amines) is 1. The van der Waals surface area contributed by atoms with Crippen LogP contribution in [0.5, 0.6) is 0 Å². The number of nitrogens with two attached hydrogens (primary N) is 1. The van der Waals surface area contributed by atoms with E-state index < -0.39 is 0 Å². The van der Waals surface area contributed by atoms with Gasteiger partial charge in [0.15, 0.2) is 0 Å². The first-order valence-corrected chi connectivity index (χ1v) is 6.74. The van der Waals surface area contributed by atoms with Gasteiger partial charge in [0.1, 0.15) is 0 Å². The van der Waals surface area contributed by atoms with E-state index in [1.165, 1.54) is 32.5 Å². The molecule has 1 aliphatic heterocycles. The van der Waals surface area contributed by atoms with E-state index in [-0.39, 0.29) is 0 Å². The smallest absolute Gasteiger partial charge is 0.0168 e. The second kappa shape index (κ2) is 6.58. The Balaban J connectivity index is 2.31. The van der Waals surface area contributed by atoms with Gasteiger partial charge in [-0.25, -0.2) is 0 Å². The number of hydrogen-bond acceptors (Lipinski definition) is 3. The molecule has 0 aromatic carbocycles. The summed E-state index contributed by atoms with van der Waals surface area (Å²) < 4.78 is 0. The van der Waals surface area contributed by atoms with E-state index in [9.17, 15) is 0 Å². The lowest BCUT2D eigenvalue weighted by Gasteiger charge is -2.35. The van der Waals surface area contributed by atoms with E-state index in [1.54, 1.807) is 0 Å². The lowest BCUT2D eigenvalue weighted by molar-refractivity contribution is 0.129. The highest BCUT2D eigenvalue weighted by Gasteiger charge is 2.19. The molecular formula is C13H29N3. The van der Waals surface area contributed by atoms with Gasteiger partial charge in [-0.05, 0) is 47.1 Å². The van der Waals surface area contributed by atoms with Gasteiger partial charge in [-0.1, -0.05) is 0 Å². The van der Waals surface area contributed by atoms with Gasteiger partial charge in [0.2, 0.25) is 0 Å². The molecule has 1 rings (SSSR count). The van der Waals surface area contributed by atoms with Crippen LogP contribution in [0.25, 0.3) is 0 Å². The van der Waals surface area contributed by atoms with E-state index >= 15 is 0 Å². The third-order valence-corrected chi connectivity index (χ3v) is 3.54. The maximum atomic E-state index is 6.00. The van der Waals surface area contributed by atoms with E-state index in [1.807, 2.05) is 0 Å². The quantitative estimate of drug-likeness (QED) is 0.773. The summed E-state index contributed by atoms with van der Waals surface area (Å²) in [6.45, 7) is 13.8. The molecule has 16 heavy (non-hydrogen) atoms. The Labute approximate surface area is 101 Å². The number of nitrogens with zero attached hydrogens (tertiary/aromatic N) is 2. The lowest BCUT2D eigenvalue weighted by Crippen LogP contribution is -2.47. The third-order valence-electron chi connectivity index (χ3n) is 3.54. The number of rotatable bonds is 5. The van der Waals surface area contributed by atoms with Crippen LogP contribution in [-0.4, -0.2) is 54.1 Å². The molecule has 1 aliphatic rings. The maximum absolute atomic E-state index is 6.00. The fraction of sp³-hybridized carbons (Fsp3) is 1.00. The zero-order valence-electron chi connectivity index (χ0n) is 11.4. The van der Waals surface area contributed by atoms with Crippen molar-refractivity contribution in [1.29, 1.82) is 0 Å². The molecule has 3 nitrogen and oxygen atoms in total. The molecule has 2 N–H and O–H groups in total. The average Bonchev–Trinajstić information content (AvgIpc) is 2.16. The predicted octanol–water partition coefficient (Wildman–Crippen LogP) is 1.53. The Bertz CT molecular complexity index is 184. The Kier molecular flexibility index (Phi) is 5.73. The van der Waals surface area contributed by atoms with Gasteiger partial charge in [0.25, 0.3) is 0 Å². The second-order valence-electron chi connectivity index (χ2n) is 5.63. The van der Waals surface area contributed by atoms with Crippen LogP contribution in [0.1, 0.15) is 40.5 Å². The van der Waals surface area contributed by atoms with Gasteiger partial charge < -0.3 is 10.6 Å². The molecule has 1 unspecified atom stereocenters. The minimum atomic E-state index is 0.403. The van der Waals surface area contributed by atoms with Crippen LogP contribution in [0.2, 0.25) is 0 Å². The average molecular weight is 227 g/mol. The Hall–Kier alpha value is -0.120. The van der Waals surface area contributed by atoms with Crippen molar-refractivity contribution in [3.63, 3.8) is 0 Å². The molecule has 0 bridgehead atoms. The van der Waals surface area contributed by atoms with Crippen LogP contribution in [0.15, 0.2) is 0 Å². The first kappa shape index (κ1) is 13.9. The monoisotopic (exact) mass is 227 g/mol. The van der Waals surface area contributed by atoms with Crippen LogP contribution in [0, 0.1) is 0 Å². The maximum Gasteiger partial charge on any atom is 0.0168 e. The summed E-state index contributed by atoms with van der Waals surface area (Å²) in [6, 6.07) is 1.68. The molecule has 0 aliphatic carbocycles. The predicted molar refractivity (Wildman–Crippen MR) is 70.6 cm³/mol. The van der Waals surface area contributed by atoms with Crippen molar-refractivity contribution >= 4 is 0 Å². The van der Waals surface area contributed by atoms with Gasteiger partial charge in [0.05, 0.1) is 0 Å². The third kappa shape index (κ3) is 4.40. The lowest BCUT2D eigenvalue weighted by atomic mass is 10.1. The van der Waals surface area contributed by atoms with Crippen molar-refractivity contribution in [3.8, 4) is 0 Å². The Morgan fingerprint density at radius 1 is 1.25 bits per heavy atom. The largest absolute Gasteiger partial charge is 0.327 e. The van der Waals surface area contributed by atoms with Crippen LogP contribution >= 0.6 is 0 Å². The van der Waals surface area contributed by atoms with Crippen LogP contribution < -0.4 is 5.73 Å². The van der Waals surface area contributed by atoms with Crippen LogP contribution in [0.3, 0.4) is 0 Å². The minimum Gasteiger partial charge on any atom is -0.327 e. The van der Waals surface area contributed by atoms with E-state index in [4.69, 9.17) is 5.73 Å². The van der Waals surface area contributed by atoms with Crippen molar-refractivity contribution in [3.05, 3.63) is 0 Å². The fourth-order valence-corrected chi connectivity index (χ4v) is 2.66. The fourth-order valence-electron chi connectivity index (χ4n) is 2.66. The van der Waals surface area contributed by atoms with Gasteiger partial charge >= 0.3 is 0 Å². The van der Waals surface area contributed by atoms with E-state index in [0.29, 0.717) is 18.1 Å². The molecule has 1 saturated heterocycles. The molecule has 0 radical (unpaired) electrons. The van der Waals surface area contributed by atoms with Crippen molar-refractivity contribution in [2.75, 3.05) is 26.2 Å². The topological polar surface area (TPSA) is 32.5 Å². The summed E-state index contributed by atoms with van der Waals surface area (Å²) in [5.74, 6) is 0. The summed E-state index contributed by atoms with van der Waals surface area (Å²) >= 11 is 0. The summed E-state index contributed by atoms with van der Waals surface area (Å²) in [5.41, 5.74) is 6.00. The van der Waals surface area contributed by atoms with Crippen LogP contribution in [0.4, 0.5) is 0 Å². The van der Waals surface area contributed by atoms with Crippen molar-refractivity contribution in [2.24, 2.45) is 5.73 Å². The first-order valence-electron chi connectivity index (χ1n) is 6.74. The normalized spacial score (nSPS) is 23.6. The molecule has 0 amide bonds. The van der Waals surface area contributed by atoms with Gasteiger partial charge in [-0.2, -0.15) is 0 Å². The van der Waals surface area contributed by atoms with Crippen molar-refractivity contribution < 1.29 is 0 Å². The molecule has 1 fully saturated rings. The van der Waals surface area contributed by atoms with Crippen molar-refractivity contribution in [1.82, 2.24) is 9.80 Å². The second-order valence-corrected chi connectivity index (χ2v) is 5.63. The van der Waals surface area contributed by atoms with Gasteiger partial charge in [-0.15, -0.1) is 0 Å². The molecule has 1 heterocycles. The summed E-state index contributed by atoms with van der Waals surface area (Å²) in [4.78, 5) is 5.08. The summed E-state index contributed by atoms with van der Waals surface area (Å²) in [6.07, 6.45) is 2.47. The van der Waals surface area contributed by atoms with Crippen molar-refractivity contribution in [2.45, 2.75) is 58.7 Å². The molecule has 1 atom stereocenters. The molecule has 0 spiro atoms. The van der Waals surface area contributed by atoms with Gasteiger partial charge in [0, 0.05) is 37.8 Å². The molecule has 0 saturated carbocycles. The number of piperidine rings is 1. The highest BCUT2D eigenvalue weighted by atomic mass is 15.2. The minimum absolute atomic E-state index is 0.403. The molecule has 3 heteroatoms. The first-order chi connectivity index (χ1) is 7.50. The van der Waals surface area contributed by atoms with E-state index in [0.717, 1.165) is 6.54 Å². The zero-order valence-corrected chi connectivity index (χ0v) is 11.4. The number of hydrogen-bond donors (Lipinski definition) is 1. The SMILES string of the molecule is CC(C)N(CCN1CCCC(N)C1)C(C)C. The van der Waals surface area contributed by atoms with E-state index in [2.05, 4.69) is 37.5 Å². The standard InChI is InChI=1S/C13H29N3/c1-11(2)16(12(3)4)9-8-15-7-5-6-13(14)10-15/h11-13H,5-10,14H2,1-4H3. The Morgan fingerprint density at radius 3 is 2.38 bits per heavy atom. The Morgan fingerprint density at radius 2 is 1.88 bits per heavy atom. The summed E-state index contributed by atoms with van der Waals surface area (Å²) in [5, 5.41) is 0. The molecular weight excluding hydrogens is 198 g/mol. The summed E-state index contributed by atoms with van der Waals surface area (Å²) in [7, 11) is 0. The van der Waals surface area contributed by atoms with Gasteiger partial charge in [-0.3, -0.25) is 4.90 Å². The molecule has 0 aromatic rings. The molecule has 0 aromatic heterocycles.